The molecule has 2 rings (SSSR count). The van der Waals surface area contributed by atoms with Gasteiger partial charge in [-0.05, 0) is 52.8 Å². The fourth-order valence-corrected chi connectivity index (χ4v) is 2.88. The van der Waals surface area contributed by atoms with Crippen LogP contribution in [0, 0.1) is 21.8 Å². The summed E-state index contributed by atoms with van der Waals surface area (Å²) in [6.45, 7) is 2.04. The monoisotopic (exact) mass is 346 g/mol. The Bertz CT molecular complexity index is 582. The number of rotatable bonds is 2. The third-order valence-electron chi connectivity index (χ3n) is 2.92. The van der Waals surface area contributed by atoms with Gasteiger partial charge in [-0.15, -0.1) is 0 Å². The molecule has 0 aliphatic heterocycles. The van der Waals surface area contributed by atoms with Crippen LogP contribution in [0.5, 0.6) is 0 Å². The van der Waals surface area contributed by atoms with Crippen molar-refractivity contribution in [1.82, 2.24) is 4.98 Å². The maximum Gasteiger partial charge on any atom is 0.141 e. The van der Waals surface area contributed by atoms with Crippen LogP contribution < -0.4 is 5.46 Å². The summed E-state index contributed by atoms with van der Waals surface area (Å²) in [5.41, 5.74) is 4.12. The predicted octanol–water partition coefficient (Wildman–Crippen LogP) is 1.91. The normalized spacial score (nSPS) is 11.8. The van der Waals surface area contributed by atoms with Crippen LogP contribution in [0.2, 0.25) is 0 Å². The number of hydrogen-bond acceptors (Lipinski definition) is 2. The second kappa shape index (κ2) is 5.53. The molecule has 2 nitrogen and oxygen atoms in total. The Hall–Kier alpha value is -1.35. The second-order valence-electron chi connectivity index (χ2n) is 4.29. The van der Waals surface area contributed by atoms with Gasteiger partial charge in [-0.1, -0.05) is 23.7 Å². The fraction of sp³-hybridized carbons (Fsp3) is 0.143. The molecule has 0 bridgehead atoms. The molecule has 0 aliphatic carbocycles. The molecular weight excluding hydrogens is 334 g/mol. The standard InChI is InChI=1S/C14H12BIN2/c1-9-3-2-4-12(16)14(9)11(7-17)13-6-5-10(15)8-18-13/h2-6,8,11H,15H2,1H3. The molecule has 1 aromatic heterocycles. The van der Waals surface area contributed by atoms with Gasteiger partial charge in [0, 0.05) is 9.77 Å². The van der Waals surface area contributed by atoms with Crippen molar-refractivity contribution in [2.24, 2.45) is 0 Å². The van der Waals surface area contributed by atoms with E-state index in [1.807, 2.05) is 51.3 Å². The minimum Gasteiger partial charge on any atom is -0.260 e. The number of nitrogens with zero attached hydrogens (tertiary/aromatic N) is 2. The number of pyridine rings is 1. The van der Waals surface area contributed by atoms with Gasteiger partial charge >= 0.3 is 0 Å². The molecule has 4 heteroatoms. The van der Waals surface area contributed by atoms with E-state index in [1.165, 1.54) is 0 Å². The summed E-state index contributed by atoms with van der Waals surface area (Å²) in [6.07, 6.45) is 1.81. The molecule has 0 radical (unpaired) electrons. The summed E-state index contributed by atoms with van der Waals surface area (Å²) in [6, 6.07) is 12.4. The van der Waals surface area contributed by atoms with Crippen LogP contribution in [0.25, 0.3) is 0 Å². The Kier molecular flexibility index (Phi) is 4.02. The van der Waals surface area contributed by atoms with Crippen LogP contribution in [0.3, 0.4) is 0 Å². The zero-order valence-electron chi connectivity index (χ0n) is 10.3. The number of aromatic nitrogens is 1. The Labute approximate surface area is 122 Å². The van der Waals surface area contributed by atoms with E-state index in [0.29, 0.717) is 0 Å². The molecule has 0 amide bonds. The van der Waals surface area contributed by atoms with E-state index >= 15 is 0 Å². The average Bonchev–Trinajstić information content (AvgIpc) is 2.35. The van der Waals surface area contributed by atoms with E-state index in [9.17, 15) is 5.26 Å². The average molecular weight is 346 g/mol. The van der Waals surface area contributed by atoms with Crippen LogP contribution in [0.15, 0.2) is 36.5 Å². The van der Waals surface area contributed by atoms with Gasteiger partial charge in [0.2, 0.25) is 0 Å². The van der Waals surface area contributed by atoms with Crippen LogP contribution in [-0.4, -0.2) is 12.8 Å². The molecule has 0 saturated carbocycles. The van der Waals surface area contributed by atoms with Gasteiger partial charge in [0.1, 0.15) is 13.8 Å². The topological polar surface area (TPSA) is 36.7 Å². The molecule has 1 heterocycles. The molecule has 0 fully saturated rings. The maximum absolute atomic E-state index is 9.46. The van der Waals surface area contributed by atoms with Crippen LogP contribution in [0.1, 0.15) is 22.7 Å². The molecule has 0 N–H and O–H groups in total. The first-order valence-electron chi connectivity index (χ1n) is 5.70. The van der Waals surface area contributed by atoms with E-state index in [-0.39, 0.29) is 5.92 Å². The van der Waals surface area contributed by atoms with E-state index in [2.05, 4.69) is 33.6 Å². The zero-order valence-corrected chi connectivity index (χ0v) is 12.5. The summed E-state index contributed by atoms with van der Waals surface area (Å²) < 4.78 is 1.11. The van der Waals surface area contributed by atoms with Crippen molar-refractivity contribution in [2.45, 2.75) is 12.8 Å². The van der Waals surface area contributed by atoms with E-state index < -0.39 is 0 Å². The van der Waals surface area contributed by atoms with Crippen molar-refractivity contribution >= 4 is 35.9 Å². The van der Waals surface area contributed by atoms with Crippen molar-refractivity contribution in [1.29, 1.82) is 5.26 Å². The number of aryl methyl sites for hydroxylation is 1. The van der Waals surface area contributed by atoms with Gasteiger partial charge < -0.3 is 0 Å². The lowest BCUT2D eigenvalue weighted by molar-refractivity contribution is 0.949. The maximum atomic E-state index is 9.46. The second-order valence-corrected chi connectivity index (χ2v) is 5.46. The van der Waals surface area contributed by atoms with Crippen LogP contribution in [-0.2, 0) is 0 Å². The van der Waals surface area contributed by atoms with Gasteiger partial charge in [-0.3, -0.25) is 4.98 Å². The minimum absolute atomic E-state index is 0.293. The van der Waals surface area contributed by atoms with Gasteiger partial charge in [0.25, 0.3) is 0 Å². The smallest absolute Gasteiger partial charge is 0.141 e. The summed E-state index contributed by atoms with van der Waals surface area (Å²) in [5.74, 6) is -0.293. The quantitative estimate of drug-likeness (QED) is 0.616. The van der Waals surface area contributed by atoms with Crippen molar-refractivity contribution in [3.63, 3.8) is 0 Å². The number of halogens is 1. The highest BCUT2D eigenvalue weighted by Crippen LogP contribution is 2.29. The molecule has 0 saturated heterocycles. The first-order chi connectivity index (χ1) is 8.63. The summed E-state index contributed by atoms with van der Waals surface area (Å²) in [7, 11) is 2.00. The zero-order chi connectivity index (χ0) is 13.1. The summed E-state index contributed by atoms with van der Waals surface area (Å²) in [5, 5.41) is 9.46. The van der Waals surface area contributed by atoms with E-state index in [4.69, 9.17) is 0 Å². The van der Waals surface area contributed by atoms with Crippen molar-refractivity contribution in [3.8, 4) is 6.07 Å². The van der Waals surface area contributed by atoms with Gasteiger partial charge in [-0.2, -0.15) is 5.26 Å². The van der Waals surface area contributed by atoms with E-state index in [0.717, 1.165) is 25.9 Å². The molecule has 2 aromatic rings. The molecule has 1 unspecified atom stereocenters. The first-order valence-corrected chi connectivity index (χ1v) is 6.78. The highest BCUT2D eigenvalue weighted by Gasteiger charge is 2.19. The van der Waals surface area contributed by atoms with Crippen molar-refractivity contribution in [3.05, 3.63) is 56.9 Å². The number of nitriles is 1. The van der Waals surface area contributed by atoms with Crippen molar-refractivity contribution in [2.75, 3.05) is 0 Å². The molecule has 88 valence electrons. The lowest BCUT2D eigenvalue weighted by atomic mass is 9.91. The van der Waals surface area contributed by atoms with Gasteiger partial charge in [0.15, 0.2) is 0 Å². The molecular formula is C14H12BIN2. The largest absolute Gasteiger partial charge is 0.260 e. The highest BCUT2D eigenvalue weighted by atomic mass is 127. The summed E-state index contributed by atoms with van der Waals surface area (Å²) in [4.78, 5) is 4.38. The number of hydrogen-bond donors (Lipinski definition) is 0. The Morgan fingerprint density at radius 2 is 2.11 bits per heavy atom. The molecule has 1 aromatic carbocycles. The molecule has 0 aliphatic rings. The summed E-state index contributed by atoms with van der Waals surface area (Å²) >= 11 is 2.28. The Balaban J connectivity index is 2.53. The predicted molar refractivity (Wildman–Crippen MR) is 83.8 cm³/mol. The van der Waals surface area contributed by atoms with Crippen molar-refractivity contribution < 1.29 is 0 Å². The Morgan fingerprint density at radius 1 is 1.33 bits per heavy atom. The van der Waals surface area contributed by atoms with Crippen LogP contribution >= 0.6 is 22.6 Å². The highest BCUT2D eigenvalue weighted by molar-refractivity contribution is 14.1. The molecule has 18 heavy (non-hydrogen) atoms. The third kappa shape index (κ3) is 2.56. The minimum atomic E-state index is -0.293. The van der Waals surface area contributed by atoms with E-state index in [1.54, 1.807) is 0 Å². The first kappa shape index (κ1) is 13.1. The third-order valence-corrected chi connectivity index (χ3v) is 3.86. The lowest BCUT2D eigenvalue weighted by Crippen LogP contribution is -2.09. The van der Waals surface area contributed by atoms with Gasteiger partial charge in [0.05, 0.1) is 11.8 Å². The van der Waals surface area contributed by atoms with Crippen LogP contribution in [0.4, 0.5) is 0 Å². The molecule has 0 spiro atoms. The van der Waals surface area contributed by atoms with Gasteiger partial charge in [-0.25, -0.2) is 0 Å². The lowest BCUT2D eigenvalue weighted by Gasteiger charge is -2.14. The number of benzene rings is 1. The molecule has 1 atom stereocenters. The fourth-order valence-electron chi connectivity index (χ4n) is 1.94. The SMILES string of the molecule is Bc1ccc(C(C#N)c2c(C)cccc2I)nc1. The Morgan fingerprint density at radius 3 is 2.67 bits per heavy atom.